The van der Waals surface area contributed by atoms with Crippen molar-refractivity contribution in [1.82, 2.24) is 0 Å². The number of ketones is 1. The van der Waals surface area contributed by atoms with Crippen LogP contribution in [-0.2, 0) is 0 Å². The van der Waals surface area contributed by atoms with E-state index in [0.717, 1.165) is 3.57 Å². The van der Waals surface area contributed by atoms with Gasteiger partial charge in [-0.15, -0.1) is 0 Å². The highest BCUT2D eigenvalue weighted by atomic mass is 127. The van der Waals surface area contributed by atoms with Crippen LogP contribution in [0.1, 0.15) is 15.9 Å². The molecule has 0 aliphatic carbocycles. The average molecular weight is 366 g/mol. The van der Waals surface area contributed by atoms with E-state index in [0.29, 0.717) is 35.8 Å². The lowest BCUT2D eigenvalue weighted by Gasteiger charge is -2.18. The van der Waals surface area contributed by atoms with Crippen LogP contribution in [0.4, 0.5) is 0 Å². The summed E-state index contributed by atoms with van der Waals surface area (Å²) in [5, 5.41) is 0. The number of hydrogen-bond acceptors (Lipinski definition) is 3. The molecule has 4 heteroatoms. The molecule has 0 bridgehead atoms. The lowest BCUT2D eigenvalue weighted by atomic mass is 10.0. The molecule has 0 unspecified atom stereocenters. The summed E-state index contributed by atoms with van der Waals surface area (Å²) in [6.45, 7) is 1.07. The number of ether oxygens (including phenoxy) is 2. The smallest absolute Gasteiger partial charge is 0.193 e. The molecule has 0 spiro atoms. The predicted octanol–water partition coefficient (Wildman–Crippen LogP) is 3.29. The Morgan fingerprint density at radius 3 is 2.26 bits per heavy atom. The highest BCUT2D eigenvalue weighted by Crippen LogP contribution is 2.31. The van der Waals surface area contributed by atoms with Crippen LogP contribution in [0.2, 0.25) is 0 Å². The molecule has 0 fully saturated rings. The van der Waals surface area contributed by atoms with Gasteiger partial charge in [-0.05, 0) is 65.1 Å². The molecule has 0 atom stereocenters. The van der Waals surface area contributed by atoms with Crippen LogP contribution in [0.25, 0.3) is 0 Å². The summed E-state index contributed by atoms with van der Waals surface area (Å²) in [6, 6.07) is 12.8. The van der Waals surface area contributed by atoms with Crippen molar-refractivity contribution < 1.29 is 14.3 Å². The minimum atomic E-state index is -0.00614. The first-order chi connectivity index (χ1) is 9.24. The molecule has 3 rings (SSSR count). The van der Waals surface area contributed by atoms with E-state index in [1.54, 1.807) is 18.2 Å². The number of rotatable bonds is 2. The zero-order valence-electron chi connectivity index (χ0n) is 10.1. The van der Waals surface area contributed by atoms with Gasteiger partial charge in [-0.3, -0.25) is 4.79 Å². The summed E-state index contributed by atoms with van der Waals surface area (Å²) in [5.41, 5.74) is 1.29. The largest absolute Gasteiger partial charge is 0.486 e. The van der Waals surface area contributed by atoms with E-state index in [2.05, 4.69) is 22.6 Å². The summed E-state index contributed by atoms with van der Waals surface area (Å²) in [6.07, 6.45) is 0. The van der Waals surface area contributed by atoms with Crippen LogP contribution in [0, 0.1) is 3.57 Å². The Morgan fingerprint density at radius 1 is 0.895 bits per heavy atom. The Morgan fingerprint density at radius 2 is 1.53 bits per heavy atom. The van der Waals surface area contributed by atoms with E-state index >= 15 is 0 Å². The SMILES string of the molecule is O=C(c1ccc(I)cc1)c1ccc2c(c1)OCCO2. The zero-order valence-corrected chi connectivity index (χ0v) is 12.2. The fraction of sp³-hybridized carbons (Fsp3) is 0.133. The summed E-state index contributed by atoms with van der Waals surface area (Å²) in [4.78, 5) is 12.3. The first-order valence-electron chi connectivity index (χ1n) is 5.94. The van der Waals surface area contributed by atoms with Crippen molar-refractivity contribution in [3.8, 4) is 11.5 Å². The number of hydrogen-bond donors (Lipinski definition) is 0. The first kappa shape index (κ1) is 12.5. The van der Waals surface area contributed by atoms with Gasteiger partial charge in [0.05, 0.1) is 0 Å². The summed E-state index contributed by atoms with van der Waals surface area (Å²) in [7, 11) is 0. The van der Waals surface area contributed by atoms with Crippen molar-refractivity contribution >= 4 is 28.4 Å². The molecule has 1 aliphatic heterocycles. The molecular weight excluding hydrogens is 355 g/mol. The first-order valence-corrected chi connectivity index (χ1v) is 7.02. The minimum Gasteiger partial charge on any atom is -0.486 e. The molecule has 0 saturated heterocycles. The second-order valence-corrected chi connectivity index (χ2v) is 5.44. The third kappa shape index (κ3) is 2.58. The van der Waals surface area contributed by atoms with Gasteiger partial charge < -0.3 is 9.47 Å². The van der Waals surface area contributed by atoms with Gasteiger partial charge in [-0.1, -0.05) is 0 Å². The fourth-order valence-corrected chi connectivity index (χ4v) is 2.31. The molecule has 2 aromatic carbocycles. The monoisotopic (exact) mass is 366 g/mol. The Kier molecular flexibility index (Phi) is 3.42. The number of halogens is 1. The number of fused-ring (bicyclic) bond motifs is 1. The molecule has 3 nitrogen and oxygen atoms in total. The van der Waals surface area contributed by atoms with Gasteiger partial charge in [0.2, 0.25) is 0 Å². The average Bonchev–Trinajstić information content (AvgIpc) is 2.47. The number of benzene rings is 2. The number of carbonyl (C=O) groups is 1. The molecule has 0 saturated carbocycles. The highest BCUT2D eigenvalue weighted by molar-refractivity contribution is 14.1. The van der Waals surface area contributed by atoms with E-state index in [4.69, 9.17) is 9.47 Å². The second kappa shape index (κ2) is 5.21. The van der Waals surface area contributed by atoms with Crippen LogP contribution in [-0.4, -0.2) is 19.0 Å². The molecule has 0 amide bonds. The van der Waals surface area contributed by atoms with Gasteiger partial charge in [0.15, 0.2) is 17.3 Å². The highest BCUT2D eigenvalue weighted by Gasteiger charge is 2.15. The Balaban J connectivity index is 1.93. The van der Waals surface area contributed by atoms with E-state index in [-0.39, 0.29) is 5.78 Å². The summed E-state index contributed by atoms with van der Waals surface area (Å²) >= 11 is 2.21. The Labute approximate surface area is 124 Å². The van der Waals surface area contributed by atoms with Crippen molar-refractivity contribution in [2.75, 3.05) is 13.2 Å². The quantitative estimate of drug-likeness (QED) is 0.605. The third-order valence-corrected chi connectivity index (χ3v) is 3.63. The maximum absolute atomic E-state index is 12.3. The summed E-state index contributed by atoms with van der Waals surface area (Å²) < 4.78 is 12.0. The lowest BCUT2D eigenvalue weighted by molar-refractivity contribution is 0.103. The second-order valence-electron chi connectivity index (χ2n) is 4.19. The predicted molar refractivity (Wildman–Crippen MR) is 80.0 cm³/mol. The van der Waals surface area contributed by atoms with E-state index in [9.17, 15) is 4.79 Å². The van der Waals surface area contributed by atoms with Crippen LogP contribution in [0.15, 0.2) is 42.5 Å². The third-order valence-electron chi connectivity index (χ3n) is 2.91. The number of carbonyl (C=O) groups excluding carboxylic acids is 1. The van der Waals surface area contributed by atoms with Crippen molar-refractivity contribution in [3.63, 3.8) is 0 Å². The summed E-state index contributed by atoms with van der Waals surface area (Å²) in [5.74, 6) is 1.33. The van der Waals surface area contributed by atoms with Gasteiger partial charge in [0, 0.05) is 14.7 Å². The van der Waals surface area contributed by atoms with Crippen molar-refractivity contribution in [2.45, 2.75) is 0 Å². The van der Waals surface area contributed by atoms with Gasteiger partial charge in [0.1, 0.15) is 13.2 Å². The minimum absolute atomic E-state index is 0.00614. The topological polar surface area (TPSA) is 35.5 Å². The molecule has 0 N–H and O–H groups in total. The zero-order chi connectivity index (χ0) is 13.2. The van der Waals surface area contributed by atoms with Crippen LogP contribution < -0.4 is 9.47 Å². The Hall–Kier alpha value is -1.56. The van der Waals surface area contributed by atoms with E-state index < -0.39 is 0 Å². The molecule has 0 radical (unpaired) electrons. The van der Waals surface area contributed by atoms with Crippen molar-refractivity contribution in [1.29, 1.82) is 0 Å². The molecule has 0 aromatic heterocycles. The molecular formula is C15H11IO3. The van der Waals surface area contributed by atoms with Gasteiger partial charge in [-0.2, -0.15) is 0 Å². The maximum Gasteiger partial charge on any atom is 0.193 e. The lowest BCUT2D eigenvalue weighted by Crippen LogP contribution is -2.15. The van der Waals surface area contributed by atoms with E-state index in [1.165, 1.54) is 0 Å². The van der Waals surface area contributed by atoms with Gasteiger partial charge in [0.25, 0.3) is 0 Å². The van der Waals surface area contributed by atoms with Crippen molar-refractivity contribution in [3.05, 3.63) is 57.2 Å². The van der Waals surface area contributed by atoms with Gasteiger partial charge in [-0.25, -0.2) is 0 Å². The molecule has 1 heterocycles. The van der Waals surface area contributed by atoms with Crippen molar-refractivity contribution in [2.24, 2.45) is 0 Å². The Bertz CT molecular complexity index is 620. The molecule has 19 heavy (non-hydrogen) atoms. The van der Waals surface area contributed by atoms with Gasteiger partial charge >= 0.3 is 0 Å². The van der Waals surface area contributed by atoms with Crippen LogP contribution in [0.5, 0.6) is 11.5 Å². The van der Waals surface area contributed by atoms with Crippen LogP contribution >= 0.6 is 22.6 Å². The standard InChI is InChI=1S/C15H11IO3/c16-12-4-1-10(2-5-12)15(17)11-3-6-13-14(9-11)19-8-7-18-13/h1-6,9H,7-8H2. The normalized spacial score (nSPS) is 13.1. The van der Waals surface area contributed by atoms with Crippen LogP contribution in [0.3, 0.4) is 0 Å². The molecule has 96 valence electrons. The fourth-order valence-electron chi connectivity index (χ4n) is 1.95. The molecule has 2 aromatic rings. The maximum atomic E-state index is 12.3. The molecule has 1 aliphatic rings. The van der Waals surface area contributed by atoms with E-state index in [1.807, 2.05) is 24.3 Å².